The van der Waals surface area contributed by atoms with E-state index < -0.39 is 5.83 Å². The van der Waals surface area contributed by atoms with E-state index in [2.05, 4.69) is 37.6 Å². The predicted molar refractivity (Wildman–Crippen MR) is 117 cm³/mol. The van der Waals surface area contributed by atoms with Crippen LogP contribution in [0.2, 0.25) is 0 Å². The number of piperidine rings is 1. The predicted octanol–water partition coefficient (Wildman–Crippen LogP) is 6.96. The van der Waals surface area contributed by atoms with Gasteiger partial charge in [-0.3, -0.25) is 4.90 Å². The minimum atomic E-state index is -0.449. The number of hydrogen-bond acceptors (Lipinski definition) is 1. The summed E-state index contributed by atoms with van der Waals surface area (Å²) in [6.07, 6.45) is 8.59. The Bertz CT molecular complexity index is 760. The maximum absolute atomic E-state index is 14.4. The van der Waals surface area contributed by atoms with Crippen molar-refractivity contribution in [2.24, 2.45) is 0 Å². The third-order valence-corrected chi connectivity index (χ3v) is 5.23. The number of nitrogens with zero attached hydrogens (tertiary/aromatic N) is 1. The Balaban J connectivity index is 2.33. The molecule has 0 N–H and O–H groups in total. The third kappa shape index (κ3) is 5.64. The molecule has 1 saturated heterocycles. The second-order valence-corrected chi connectivity index (χ2v) is 7.14. The monoisotopic (exact) mass is 365 g/mol. The Morgan fingerprint density at radius 3 is 2.26 bits per heavy atom. The van der Waals surface area contributed by atoms with Gasteiger partial charge >= 0.3 is 0 Å². The minimum absolute atomic E-state index is 0.449. The van der Waals surface area contributed by atoms with Gasteiger partial charge in [-0.05, 0) is 73.2 Å². The molecule has 27 heavy (non-hydrogen) atoms. The van der Waals surface area contributed by atoms with Crippen LogP contribution in [0.15, 0.2) is 73.1 Å². The summed E-state index contributed by atoms with van der Waals surface area (Å²) in [6, 6.07) is 7.94. The smallest absolute Gasteiger partial charge is 0.123 e. The second-order valence-electron chi connectivity index (χ2n) is 7.14. The third-order valence-electron chi connectivity index (χ3n) is 5.23. The number of rotatable bonds is 8. The first-order valence-electron chi connectivity index (χ1n) is 9.88. The molecule has 0 amide bonds. The lowest BCUT2D eigenvalue weighted by atomic mass is 9.90. The highest BCUT2D eigenvalue weighted by atomic mass is 19.1. The molecule has 0 radical (unpaired) electrons. The van der Waals surface area contributed by atoms with Crippen molar-refractivity contribution < 1.29 is 4.39 Å². The summed E-state index contributed by atoms with van der Waals surface area (Å²) in [4.78, 5) is 2.43. The van der Waals surface area contributed by atoms with Crippen molar-refractivity contribution in [1.29, 1.82) is 0 Å². The van der Waals surface area contributed by atoms with Crippen LogP contribution in [-0.4, -0.2) is 24.5 Å². The van der Waals surface area contributed by atoms with Gasteiger partial charge in [-0.2, -0.15) is 0 Å². The molecule has 0 unspecified atom stereocenters. The SMILES string of the molecule is C=C(F)/C(=C\C(=C/C)CN1CCCCC1)C(=C)c1ccccc1C(=C)CC. The second kappa shape index (κ2) is 10.2. The maximum Gasteiger partial charge on any atom is 0.123 e. The first-order valence-corrected chi connectivity index (χ1v) is 9.88. The van der Waals surface area contributed by atoms with Gasteiger partial charge < -0.3 is 0 Å². The van der Waals surface area contributed by atoms with Crippen molar-refractivity contribution >= 4 is 11.1 Å². The van der Waals surface area contributed by atoms with Crippen LogP contribution in [0.1, 0.15) is 50.7 Å². The molecule has 2 heteroatoms. The van der Waals surface area contributed by atoms with Gasteiger partial charge in [0, 0.05) is 12.1 Å². The number of hydrogen-bond donors (Lipinski definition) is 0. The normalized spacial score (nSPS) is 16.3. The summed E-state index contributed by atoms with van der Waals surface area (Å²) < 4.78 is 14.4. The molecule has 1 nitrogen and oxygen atoms in total. The van der Waals surface area contributed by atoms with Gasteiger partial charge in [0.05, 0.1) is 0 Å². The van der Waals surface area contributed by atoms with Crippen molar-refractivity contribution in [3.8, 4) is 0 Å². The standard InChI is InChI=1S/C25H32FN/c1-6-19(3)23-13-9-10-14-24(23)20(4)25(21(5)26)17-22(7-2)18-27-15-11-8-12-16-27/h7,9-10,13-14,17H,3-6,8,11-12,15-16,18H2,1-2H3/b22-7+,25-17-. The molecule has 0 bridgehead atoms. The van der Waals surface area contributed by atoms with Crippen molar-refractivity contribution in [1.82, 2.24) is 4.90 Å². The molecule has 1 heterocycles. The molecule has 2 rings (SSSR count). The van der Waals surface area contributed by atoms with Gasteiger partial charge in [0.25, 0.3) is 0 Å². The van der Waals surface area contributed by atoms with Crippen LogP contribution in [0, 0.1) is 0 Å². The molecule has 0 aliphatic carbocycles. The molecule has 144 valence electrons. The van der Waals surface area contributed by atoms with Gasteiger partial charge in [0.1, 0.15) is 5.83 Å². The van der Waals surface area contributed by atoms with Crippen LogP contribution < -0.4 is 0 Å². The summed E-state index contributed by atoms with van der Waals surface area (Å²) in [6.45, 7) is 19.1. The lowest BCUT2D eigenvalue weighted by Crippen LogP contribution is -2.31. The summed E-state index contributed by atoms with van der Waals surface area (Å²) in [5.74, 6) is -0.449. The van der Waals surface area contributed by atoms with Crippen molar-refractivity contribution in [3.05, 3.63) is 84.3 Å². The number of likely N-dealkylation sites (tertiary alicyclic amines) is 1. The molecule has 1 aromatic carbocycles. The summed E-state index contributed by atoms with van der Waals surface area (Å²) in [5.41, 5.74) is 5.19. The highest BCUT2D eigenvalue weighted by molar-refractivity contribution is 5.87. The molecule has 0 aromatic heterocycles. The van der Waals surface area contributed by atoms with E-state index in [1.807, 2.05) is 37.3 Å². The molecule has 1 aliphatic heterocycles. The van der Waals surface area contributed by atoms with E-state index in [9.17, 15) is 4.39 Å². The summed E-state index contributed by atoms with van der Waals surface area (Å²) in [5, 5.41) is 0. The van der Waals surface area contributed by atoms with E-state index in [1.165, 1.54) is 19.3 Å². The first kappa shape index (κ1) is 21.1. The van der Waals surface area contributed by atoms with Crippen LogP contribution in [0.25, 0.3) is 11.1 Å². The zero-order chi connectivity index (χ0) is 19.8. The highest BCUT2D eigenvalue weighted by Crippen LogP contribution is 2.33. The zero-order valence-corrected chi connectivity index (χ0v) is 16.9. The lowest BCUT2D eigenvalue weighted by molar-refractivity contribution is 0.248. The van der Waals surface area contributed by atoms with Crippen LogP contribution in [0.5, 0.6) is 0 Å². The van der Waals surface area contributed by atoms with E-state index >= 15 is 0 Å². The fraction of sp³-hybridized carbons (Fsp3) is 0.360. The number of benzene rings is 1. The number of halogens is 1. The Hall–Kier alpha value is -2.19. The molecular weight excluding hydrogens is 333 g/mol. The van der Waals surface area contributed by atoms with Gasteiger partial charge in [0.15, 0.2) is 0 Å². The maximum atomic E-state index is 14.4. The fourth-order valence-electron chi connectivity index (χ4n) is 3.50. The topological polar surface area (TPSA) is 3.24 Å². The van der Waals surface area contributed by atoms with Gasteiger partial charge in [-0.15, -0.1) is 0 Å². The van der Waals surface area contributed by atoms with E-state index in [0.717, 1.165) is 48.3 Å². The number of allylic oxidation sites excluding steroid dienone is 5. The average Bonchev–Trinajstić information content (AvgIpc) is 2.70. The summed E-state index contributed by atoms with van der Waals surface area (Å²) >= 11 is 0. The zero-order valence-electron chi connectivity index (χ0n) is 16.9. The van der Waals surface area contributed by atoms with E-state index in [-0.39, 0.29) is 0 Å². The minimum Gasteiger partial charge on any atom is -0.299 e. The van der Waals surface area contributed by atoms with E-state index in [0.29, 0.717) is 11.1 Å². The van der Waals surface area contributed by atoms with Crippen LogP contribution in [0.4, 0.5) is 4.39 Å². The summed E-state index contributed by atoms with van der Waals surface area (Å²) in [7, 11) is 0. The molecule has 1 aromatic rings. The van der Waals surface area contributed by atoms with Gasteiger partial charge in [0.2, 0.25) is 0 Å². The Labute approximate surface area is 164 Å². The van der Waals surface area contributed by atoms with Crippen molar-refractivity contribution in [2.45, 2.75) is 39.5 Å². The van der Waals surface area contributed by atoms with Gasteiger partial charge in [-0.1, -0.05) is 63.4 Å². The van der Waals surface area contributed by atoms with Gasteiger partial charge in [-0.25, -0.2) is 4.39 Å². The molecule has 0 saturated carbocycles. The molecular formula is C25H32FN. The quantitative estimate of drug-likeness (QED) is 0.450. The fourth-order valence-corrected chi connectivity index (χ4v) is 3.50. The Kier molecular flexibility index (Phi) is 7.99. The molecule has 0 spiro atoms. The molecule has 1 fully saturated rings. The molecule has 1 aliphatic rings. The molecule has 0 atom stereocenters. The average molecular weight is 366 g/mol. The van der Waals surface area contributed by atoms with Crippen molar-refractivity contribution in [3.63, 3.8) is 0 Å². The van der Waals surface area contributed by atoms with Crippen molar-refractivity contribution in [2.75, 3.05) is 19.6 Å². The van der Waals surface area contributed by atoms with Crippen LogP contribution in [0.3, 0.4) is 0 Å². The largest absolute Gasteiger partial charge is 0.299 e. The van der Waals surface area contributed by atoms with Crippen LogP contribution >= 0.6 is 0 Å². The van der Waals surface area contributed by atoms with E-state index in [1.54, 1.807) is 0 Å². The van der Waals surface area contributed by atoms with E-state index in [4.69, 9.17) is 0 Å². The van der Waals surface area contributed by atoms with Crippen LogP contribution in [-0.2, 0) is 0 Å². The first-order chi connectivity index (χ1) is 13.0. The Morgan fingerprint density at radius 2 is 1.70 bits per heavy atom. The Morgan fingerprint density at radius 1 is 1.07 bits per heavy atom. The highest BCUT2D eigenvalue weighted by Gasteiger charge is 2.16. The lowest BCUT2D eigenvalue weighted by Gasteiger charge is -2.27.